The number of benzene rings is 2. The molecule has 9 nitrogen and oxygen atoms in total. The lowest BCUT2D eigenvalue weighted by Crippen LogP contribution is -2.42. The van der Waals surface area contributed by atoms with Crippen LogP contribution in [0.5, 0.6) is 11.5 Å². The van der Waals surface area contributed by atoms with E-state index in [1.807, 2.05) is 19.1 Å². The molecule has 5 rings (SSSR count). The summed E-state index contributed by atoms with van der Waals surface area (Å²) >= 11 is 0. The zero-order chi connectivity index (χ0) is 25.3. The number of morpholine rings is 1. The standard InChI is InChI=1S/C26H32N2O7S/c1-18-5-3-8-22(19-9-10-19)25(18)26(29)27-16-23(32-2)24(17-27)34-20-6-4-7-21(15-20)35-36(30,31)28-11-13-33-14-12-28/h3-8,15,19,23-24H,9-14,16-17H2,1-2H3/t23-,24-/m1/s1. The highest BCUT2D eigenvalue weighted by Gasteiger charge is 2.39. The first-order valence-corrected chi connectivity index (χ1v) is 13.7. The Morgan fingerprint density at radius 3 is 2.42 bits per heavy atom. The Kier molecular flexibility index (Phi) is 7.21. The molecular weight excluding hydrogens is 484 g/mol. The highest BCUT2D eigenvalue weighted by atomic mass is 32.2. The molecule has 0 spiro atoms. The van der Waals surface area contributed by atoms with E-state index < -0.39 is 16.4 Å². The molecule has 1 saturated carbocycles. The third kappa shape index (κ3) is 5.36. The molecule has 1 aliphatic carbocycles. The fourth-order valence-electron chi connectivity index (χ4n) is 4.84. The molecule has 0 unspecified atom stereocenters. The number of methoxy groups -OCH3 is 1. The first-order valence-electron chi connectivity index (χ1n) is 12.3. The van der Waals surface area contributed by atoms with Crippen molar-refractivity contribution in [1.82, 2.24) is 9.21 Å². The van der Waals surface area contributed by atoms with E-state index in [9.17, 15) is 13.2 Å². The summed E-state index contributed by atoms with van der Waals surface area (Å²) in [6, 6.07) is 12.6. The van der Waals surface area contributed by atoms with Crippen LogP contribution in [-0.2, 0) is 19.8 Å². The summed E-state index contributed by atoms with van der Waals surface area (Å²) in [4.78, 5) is 15.3. The van der Waals surface area contributed by atoms with Crippen molar-refractivity contribution in [2.24, 2.45) is 0 Å². The van der Waals surface area contributed by atoms with Crippen molar-refractivity contribution in [3.8, 4) is 11.5 Å². The number of likely N-dealkylation sites (tertiary alicyclic amines) is 1. The normalized spacial score (nSPS) is 23.0. The molecule has 194 valence electrons. The minimum absolute atomic E-state index is 0.00293. The molecule has 2 atom stereocenters. The molecule has 36 heavy (non-hydrogen) atoms. The van der Waals surface area contributed by atoms with Gasteiger partial charge in [-0.3, -0.25) is 4.79 Å². The van der Waals surface area contributed by atoms with Crippen molar-refractivity contribution in [3.05, 3.63) is 59.2 Å². The van der Waals surface area contributed by atoms with Crippen LogP contribution in [0.4, 0.5) is 0 Å². The van der Waals surface area contributed by atoms with Crippen LogP contribution in [0.25, 0.3) is 0 Å². The molecule has 3 aliphatic rings. The summed E-state index contributed by atoms with van der Waals surface area (Å²) in [5, 5.41) is 0. The lowest BCUT2D eigenvalue weighted by Gasteiger charge is -2.25. The number of hydrogen-bond donors (Lipinski definition) is 0. The predicted octanol–water partition coefficient (Wildman–Crippen LogP) is 2.75. The number of hydrogen-bond acceptors (Lipinski definition) is 7. The third-order valence-electron chi connectivity index (χ3n) is 6.92. The van der Waals surface area contributed by atoms with Crippen molar-refractivity contribution in [3.63, 3.8) is 0 Å². The SMILES string of the molecule is CO[C@@H]1CN(C(=O)c2c(C)cccc2C2CC2)C[C@H]1Oc1cccc(OS(=O)(=O)N2CCOCC2)c1. The summed E-state index contributed by atoms with van der Waals surface area (Å²) < 4.78 is 48.9. The largest absolute Gasteiger partial charge is 0.486 e. The first kappa shape index (κ1) is 25.0. The third-order valence-corrected chi connectivity index (χ3v) is 8.32. The Hall–Kier alpha value is -2.66. The highest BCUT2D eigenvalue weighted by molar-refractivity contribution is 7.84. The van der Waals surface area contributed by atoms with Crippen LogP contribution in [-0.4, -0.2) is 82.2 Å². The van der Waals surface area contributed by atoms with E-state index >= 15 is 0 Å². The fraction of sp³-hybridized carbons (Fsp3) is 0.500. The van der Waals surface area contributed by atoms with Gasteiger partial charge in [0.15, 0.2) is 0 Å². The molecule has 1 amide bonds. The van der Waals surface area contributed by atoms with Gasteiger partial charge in [0.05, 0.1) is 26.3 Å². The number of ether oxygens (including phenoxy) is 3. The number of carbonyl (C=O) groups is 1. The van der Waals surface area contributed by atoms with Gasteiger partial charge in [-0.1, -0.05) is 24.3 Å². The zero-order valence-corrected chi connectivity index (χ0v) is 21.4. The van der Waals surface area contributed by atoms with Crippen molar-refractivity contribution in [2.75, 3.05) is 46.5 Å². The minimum Gasteiger partial charge on any atom is -0.486 e. The lowest BCUT2D eigenvalue weighted by molar-refractivity contribution is 0.0339. The molecule has 0 bridgehead atoms. The second kappa shape index (κ2) is 10.4. The summed E-state index contributed by atoms with van der Waals surface area (Å²) in [7, 11) is -2.33. The molecule has 0 aromatic heterocycles. The van der Waals surface area contributed by atoms with Gasteiger partial charge < -0.3 is 23.3 Å². The second-order valence-corrected chi connectivity index (χ2v) is 11.0. The lowest BCUT2D eigenvalue weighted by atomic mass is 9.97. The molecule has 2 aromatic carbocycles. The van der Waals surface area contributed by atoms with Gasteiger partial charge in [0.25, 0.3) is 5.91 Å². The zero-order valence-electron chi connectivity index (χ0n) is 20.6. The van der Waals surface area contributed by atoms with Crippen LogP contribution in [0.1, 0.15) is 40.2 Å². The molecule has 10 heteroatoms. The van der Waals surface area contributed by atoms with E-state index in [4.69, 9.17) is 18.4 Å². The molecule has 0 N–H and O–H groups in total. The van der Waals surface area contributed by atoms with E-state index in [2.05, 4.69) is 6.07 Å². The van der Waals surface area contributed by atoms with Crippen LogP contribution in [0, 0.1) is 6.92 Å². The van der Waals surface area contributed by atoms with Crippen molar-refractivity contribution >= 4 is 16.2 Å². The summed E-state index contributed by atoms with van der Waals surface area (Å²) in [6.45, 7) is 3.95. The Labute approximate surface area is 212 Å². The number of carbonyl (C=O) groups excluding carboxylic acids is 1. The van der Waals surface area contributed by atoms with Crippen LogP contribution in [0.15, 0.2) is 42.5 Å². The maximum atomic E-state index is 13.6. The summed E-state index contributed by atoms with van der Waals surface area (Å²) in [6.07, 6.45) is 1.52. The van der Waals surface area contributed by atoms with Gasteiger partial charge in [-0.15, -0.1) is 0 Å². The van der Waals surface area contributed by atoms with Gasteiger partial charge >= 0.3 is 10.3 Å². The predicted molar refractivity (Wildman–Crippen MR) is 133 cm³/mol. The Balaban J connectivity index is 1.28. The number of rotatable bonds is 8. The van der Waals surface area contributed by atoms with Gasteiger partial charge in [-0.05, 0) is 48.9 Å². The monoisotopic (exact) mass is 516 g/mol. The molecule has 2 heterocycles. The van der Waals surface area contributed by atoms with Crippen molar-refractivity contribution in [1.29, 1.82) is 0 Å². The van der Waals surface area contributed by atoms with E-state index in [1.165, 1.54) is 4.31 Å². The highest BCUT2D eigenvalue weighted by Crippen LogP contribution is 2.42. The quantitative estimate of drug-likeness (QED) is 0.533. The second-order valence-electron chi connectivity index (χ2n) is 9.48. The topological polar surface area (TPSA) is 94.6 Å². The van der Waals surface area contributed by atoms with Gasteiger partial charge in [0, 0.05) is 31.8 Å². The molecule has 2 saturated heterocycles. The molecular formula is C26H32N2O7S. The Morgan fingerprint density at radius 1 is 1.00 bits per heavy atom. The van der Waals surface area contributed by atoms with Gasteiger partial charge in [-0.2, -0.15) is 12.7 Å². The fourth-order valence-corrected chi connectivity index (χ4v) is 5.89. The van der Waals surface area contributed by atoms with Crippen LogP contribution in [0.3, 0.4) is 0 Å². The van der Waals surface area contributed by atoms with E-state index in [0.29, 0.717) is 38.0 Å². The number of nitrogens with zero attached hydrogens (tertiary/aromatic N) is 2. The van der Waals surface area contributed by atoms with Crippen LogP contribution in [0.2, 0.25) is 0 Å². The number of aryl methyl sites for hydroxylation is 1. The summed E-state index contributed by atoms with van der Waals surface area (Å²) in [5.41, 5.74) is 2.90. The van der Waals surface area contributed by atoms with E-state index in [1.54, 1.807) is 36.3 Å². The Morgan fingerprint density at radius 2 is 1.69 bits per heavy atom. The van der Waals surface area contributed by atoms with Crippen LogP contribution >= 0.6 is 0 Å². The van der Waals surface area contributed by atoms with Crippen LogP contribution < -0.4 is 8.92 Å². The van der Waals surface area contributed by atoms with Crippen molar-refractivity contribution < 1.29 is 31.6 Å². The Bertz CT molecular complexity index is 1210. The maximum Gasteiger partial charge on any atom is 0.385 e. The minimum atomic E-state index is -3.94. The van der Waals surface area contributed by atoms with Gasteiger partial charge in [0.1, 0.15) is 23.7 Å². The van der Waals surface area contributed by atoms with Crippen molar-refractivity contribution in [2.45, 2.75) is 37.9 Å². The van der Waals surface area contributed by atoms with Gasteiger partial charge in [0.2, 0.25) is 0 Å². The smallest absolute Gasteiger partial charge is 0.385 e. The number of amides is 1. The average Bonchev–Trinajstić information content (AvgIpc) is 3.64. The van der Waals surface area contributed by atoms with E-state index in [0.717, 1.165) is 29.5 Å². The first-order chi connectivity index (χ1) is 17.4. The molecule has 0 radical (unpaired) electrons. The van der Waals surface area contributed by atoms with Gasteiger partial charge in [-0.25, -0.2) is 0 Å². The molecule has 2 aromatic rings. The average molecular weight is 517 g/mol. The molecule has 2 aliphatic heterocycles. The maximum absolute atomic E-state index is 13.6. The molecule has 3 fully saturated rings. The van der Waals surface area contributed by atoms with E-state index in [-0.39, 0.29) is 30.9 Å². The summed E-state index contributed by atoms with van der Waals surface area (Å²) in [5.74, 6) is 1.07.